The van der Waals surface area contributed by atoms with Gasteiger partial charge >= 0.3 is 0 Å². The van der Waals surface area contributed by atoms with Gasteiger partial charge in [-0.05, 0) is 37.9 Å². The Labute approximate surface area is 102 Å². The summed E-state index contributed by atoms with van der Waals surface area (Å²) in [7, 11) is 0. The molecule has 0 amide bonds. The van der Waals surface area contributed by atoms with Crippen molar-refractivity contribution in [2.75, 3.05) is 19.7 Å². The topological polar surface area (TPSA) is 60.2 Å². The van der Waals surface area contributed by atoms with Gasteiger partial charge in [0.25, 0.3) is 0 Å². The fourth-order valence-electron chi connectivity index (χ4n) is 2.23. The van der Waals surface area contributed by atoms with Gasteiger partial charge in [-0.2, -0.15) is 5.26 Å². The Bertz CT molecular complexity index is 405. The smallest absolute Gasteiger partial charge is 0.144 e. The minimum Gasteiger partial charge on any atom is -0.396 e. The summed E-state index contributed by atoms with van der Waals surface area (Å²) in [5.41, 5.74) is 1.52. The minimum atomic E-state index is 0.296. The van der Waals surface area contributed by atoms with E-state index in [0.29, 0.717) is 18.2 Å². The Morgan fingerprint density at radius 3 is 2.88 bits per heavy atom. The maximum atomic E-state index is 9.08. The van der Waals surface area contributed by atoms with Crippen molar-refractivity contribution in [1.29, 1.82) is 5.26 Å². The predicted molar refractivity (Wildman–Crippen MR) is 64.0 cm³/mol. The van der Waals surface area contributed by atoms with E-state index in [1.165, 1.54) is 0 Å². The normalized spacial score (nSPS) is 17.9. The van der Waals surface area contributed by atoms with Crippen molar-refractivity contribution in [3.05, 3.63) is 29.6 Å². The van der Waals surface area contributed by atoms with E-state index in [-0.39, 0.29) is 0 Å². The van der Waals surface area contributed by atoms with E-state index in [0.717, 1.165) is 38.0 Å². The van der Waals surface area contributed by atoms with Gasteiger partial charge in [-0.25, -0.2) is 4.98 Å². The molecular weight excluding hydrogens is 214 g/mol. The SMILES string of the molecule is N#Cc1ncccc1CN1CCC(CO)CC1. The molecule has 1 fully saturated rings. The molecular formula is C13H17N3O. The van der Waals surface area contributed by atoms with Crippen LogP contribution in [0.4, 0.5) is 0 Å². The van der Waals surface area contributed by atoms with E-state index in [9.17, 15) is 0 Å². The first-order valence-corrected chi connectivity index (χ1v) is 6.00. The van der Waals surface area contributed by atoms with Crippen LogP contribution in [0.5, 0.6) is 0 Å². The molecule has 2 rings (SSSR count). The number of pyridine rings is 1. The molecule has 0 spiro atoms. The summed E-state index contributed by atoms with van der Waals surface area (Å²) in [5.74, 6) is 0.454. The largest absolute Gasteiger partial charge is 0.396 e. The number of nitriles is 1. The van der Waals surface area contributed by atoms with E-state index in [1.54, 1.807) is 6.20 Å². The second kappa shape index (κ2) is 5.76. The summed E-state index contributed by atoms with van der Waals surface area (Å²) in [6, 6.07) is 5.96. The van der Waals surface area contributed by atoms with Gasteiger partial charge in [0.15, 0.2) is 0 Å². The first-order chi connectivity index (χ1) is 8.33. The van der Waals surface area contributed by atoms with Gasteiger partial charge in [0.05, 0.1) is 0 Å². The highest BCUT2D eigenvalue weighted by atomic mass is 16.3. The van der Waals surface area contributed by atoms with Gasteiger partial charge in [-0.3, -0.25) is 4.90 Å². The number of rotatable bonds is 3. The fourth-order valence-corrected chi connectivity index (χ4v) is 2.23. The number of aliphatic hydroxyl groups is 1. The average molecular weight is 231 g/mol. The summed E-state index contributed by atoms with van der Waals surface area (Å²) in [6.45, 7) is 3.06. The lowest BCUT2D eigenvalue weighted by atomic mass is 9.97. The first-order valence-electron chi connectivity index (χ1n) is 6.00. The zero-order valence-electron chi connectivity index (χ0n) is 9.84. The van der Waals surface area contributed by atoms with Gasteiger partial charge in [0, 0.05) is 24.9 Å². The Hall–Kier alpha value is -1.44. The van der Waals surface area contributed by atoms with Crippen LogP contribution in [-0.2, 0) is 6.54 Å². The summed E-state index contributed by atoms with van der Waals surface area (Å²) in [4.78, 5) is 6.39. The lowest BCUT2D eigenvalue weighted by molar-refractivity contribution is 0.127. The summed E-state index contributed by atoms with van der Waals surface area (Å²) in [5, 5.41) is 18.0. The lowest BCUT2D eigenvalue weighted by Crippen LogP contribution is -2.34. The van der Waals surface area contributed by atoms with E-state index < -0.39 is 0 Å². The highest BCUT2D eigenvalue weighted by molar-refractivity contribution is 5.30. The molecule has 4 nitrogen and oxygen atoms in total. The second-order valence-corrected chi connectivity index (χ2v) is 4.53. The van der Waals surface area contributed by atoms with Crippen LogP contribution >= 0.6 is 0 Å². The molecule has 0 atom stereocenters. The van der Waals surface area contributed by atoms with Crippen molar-refractivity contribution in [2.45, 2.75) is 19.4 Å². The molecule has 17 heavy (non-hydrogen) atoms. The minimum absolute atomic E-state index is 0.296. The quantitative estimate of drug-likeness (QED) is 0.848. The standard InChI is InChI=1S/C13H17N3O/c14-8-13-12(2-1-5-15-13)9-16-6-3-11(10-17)4-7-16/h1-2,5,11,17H,3-4,6-7,9-10H2. The first kappa shape index (κ1) is 12.0. The molecule has 0 aromatic carbocycles. The van der Waals surface area contributed by atoms with Crippen molar-refractivity contribution in [2.24, 2.45) is 5.92 Å². The number of aromatic nitrogens is 1. The molecule has 1 aromatic heterocycles. The molecule has 1 saturated heterocycles. The molecule has 1 aliphatic rings. The van der Waals surface area contributed by atoms with E-state index in [4.69, 9.17) is 10.4 Å². The maximum Gasteiger partial charge on any atom is 0.144 e. The number of piperidine rings is 1. The third kappa shape index (κ3) is 3.02. The van der Waals surface area contributed by atoms with Gasteiger partial charge in [-0.1, -0.05) is 6.07 Å². The van der Waals surface area contributed by atoms with Crippen molar-refractivity contribution in [1.82, 2.24) is 9.88 Å². The highest BCUT2D eigenvalue weighted by Crippen LogP contribution is 2.18. The molecule has 2 heterocycles. The van der Waals surface area contributed by atoms with Gasteiger partial charge in [0.2, 0.25) is 0 Å². The molecule has 0 radical (unpaired) electrons. The van der Waals surface area contributed by atoms with Gasteiger partial charge < -0.3 is 5.11 Å². The molecule has 0 saturated carbocycles. The van der Waals surface area contributed by atoms with Crippen molar-refractivity contribution >= 4 is 0 Å². The molecule has 90 valence electrons. The molecule has 1 N–H and O–H groups in total. The predicted octanol–water partition coefficient (Wildman–Crippen LogP) is 1.16. The van der Waals surface area contributed by atoms with Crippen LogP contribution in [-0.4, -0.2) is 34.7 Å². The maximum absolute atomic E-state index is 9.08. The highest BCUT2D eigenvalue weighted by Gasteiger charge is 2.19. The number of likely N-dealkylation sites (tertiary alicyclic amines) is 1. The summed E-state index contributed by atoms with van der Waals surface area (Å²) < 4.78 is 0. The monoisotopic (exact) mass is 231 g/mol. The van der Waals surface area contributed by atoms with Crippen LogP contribution in [0.1, 0.15) is 24.1 Å². The van der Waals surface area contributed by atoms with Gasteiger partial charge in [0.1, 0.15) is 11.8 Å². The zero-order valence-corrected chi connectivity index (χ0v) is 9.84. The van der Waals surface area contributed by atoms with Gasteiger partial charge in [-0.15, -0.1) is 0 Å². The Kier molecular flexibility index (Phi) is 4.08. The number of aliphatic hydroxyl groups excluding tert-OH is 1. The van der Waals surface area contributed by atoms with Crippen LogP contribution in [0, 0.1) is 17.2 Å². The third-order valence-electron chi connectivity index (χ3n) is 3.36. The second-order valence-electron chi connectivity index (χ2n) is 4.53. The molecule has 4 heteroatoms. The van der Waals surface area contributed by atoms with E-state index in [1.807, 2.05) is 12.1 Å². The summed E-state index contributed by atoms with van der Waals surface area (Å²) in [6.07, 6.45) is 3.73. The number of hydrogen-bond donors (Lipinski definition) is 1. The van der Waals surface area contributed by atoms with Crippen molar-refractivity contribution < 1.29 is 5.11 Å². The molecule has 0 bridgehead atoms. The van der Waals surface area contributed by atoms with Crippen LogP contribution in [0.25, 0.3) is 0 Å². The third-order valence-corrected chi connectivity index (χ3v) is 3.36. The Morgan fingerprint density at radius 2 is 2.24 bits per heavy atom. The lowest BCUT2D eigenvalue weighted by Gasteiger charge is -2.31. The molecule has 0 aliphatic carbocycles. The molecule has 1 aliphatic heterocycles. The molecule has 1 aromatic rings. The fraction of sp³-hybridized carbons (Fsp3) is 0.538. The number of nitrogens with zero attached hydrogens (tertiary/aromatic N) is 3. The Balaban J connectivity index is 1.96. The Morgan fingerprint density at radius 1 is 1.47 bits per heavy atom. The average Bonchev–Trinajstić information content (AvgIpc) is 2.40. The van der Waals surface area contributed by atoms with E-state index in [2.05, 4.69) is 16.0 Å². The van der Waals surface area contributed by atoms with Crippen LogP contribution in [0.15, 0.2) is 18.3 Å². The van der Waals surface area contributed by atoms with Crippen LogP contribution < -0.4 is 0 Å². The number of hydrogen-bond acceptors (Lipinski definition) is 4. The van der Waals surface area contributed by atoms with Crippen molar-refractivity contribution in [3.63, 3.8) is 0 Å². The van der Waals surface area contributed by atoms with Crippen molar-refractivity contribution in [3.8, 4) is 6.07 Å². The van der Waals surface area contributed by atoms with E-state index >= 15 is 0 Å². The van der Waals surface area contributed by atoms with Crippen LogP contribution in [0.3, 0.4) is 0 Å². The van der Waals surface area contributed by atoms with Crippen LogP contribution in [0.2, 0.25) is 0 Å². The summed E-state index contributed by atoms with van der Waals surface area (Å²) >= 11 is 0. The zero-order chi connectivity index (χ0) is 12.1. The molecule has 0 unspecified atom stereocenters.